The molecule has 3 rings (SSSR count). The third kappa shape index (κ3) is 5.37. The van der Waals surface area contributed by atoms with Crippen molar-refractivity contribution in [1.82, 2.24) is 10.5 Å². The first-order valence-electron chi connectivity index (χ1n) is 9.64. The van der Waals surface area contributed by atoms with Gasteiger partial charge in [-0.25, -0.2) is 0 Å². The molecule has 6 heteroatoms. The van der Waals surface area contributed by atoms with E-state index < -0.39 is 6.10 Å². The number of benzene rings is 2. The molecule has 0 fully saturated rings. The summed E-state index contributed by atoms with van der Waals surface area (Å²) in [4.78, 5) is 0. The Hall–Kier alpha value is -2.83. The van der Waals surface area contributed by atoms with Gasteiger partial charge in [0, 0.05) is 13.1 Å². The third-order valence-corrected chi connectivity index (χ3v) is 4.91. The Morgan fingerprint density at radius 2 is 1.83 bits per heavy atom. The van der Waals surface area contributed by atoms with Gasteiger partial charge in [-0.15, -0.1) is 0 Å². The Kier molecular flexibility index (Phi) is 6.90. The maximum atomic E-state index is 10.3. The number of ether oxygens (including phenoxy) is 2. The topological polar surface area (TPSA) is 76.8 Å². The van der Waals surface area contributed by atoms with Crippen LogP contribution in [-0.2, 0) is 13.2 Å². The van der Waals surface area contributed by atoms with Crippen LogP contribution in [0.15, 0.2) is 47.0 Å². The van der Waals surface area contributed by atoms with Crippen molar-refractivity contribution < 1.29 is 19.1 Å². The number of nitrogens with one attached hydrogen (secondary N) is 1. The highest BCUT2D eigenvalue weighted by atomic mass is 16.5. The maximum absolute atomic E-state index is 10.3. The van der Waals surface area contributed by atoms with Gasteiger partial charge in [0.1, 0.15) is 12.4 Å². The van der Waals surface area contributed by atoms with Gasteiger partial charge in [-0.1, -0.05) is 41.1 Å². The van der Waals surface area contributed by atoms with E-state index in [-0.39, 0.29) is 0 Å². The highest BCUT2D eigenvalue weighted by molar-refractivity contribution is 5.43. The molecule has 1 atom stereocenters. The first kappa shape index (κ1) is 20.9. The van der Waals surface area contributed by atoms with Crippen molar-refractivity contribution in [3.8, 4) is 11.5 Å². The molecule has 0 spiro atoms. The van der Waals surface area contributed by atoms with Crippen LogP contribution < -0.4 is 14.8 Å². The van der Waals surface area contributed by atoms with E-state index in [1.165, 1.54) is 5.56 Å². The Bertz CT molecular complexity index is 915. The Morgan fingerprint density at radius 1 is 1.07 bits per heavy atom. The smallest absolute Gasteiger partial charge is 0.161 e. The zero-order valence-corrected chi connectivity index (χ0v) is 17.4. The van der Waals surface area contributed by atoms with Gasteiger partial charge in [-0.3, -0.25) is 0 Å². The van der Waals surface area contributed by atoms with Gasteiger partial charge in [-0.05, 0) is 44.0 Å². The first-order chi connectivity index (χ1) is 14.0. The van der Waals surface area contributed by atoms with Crippen LogP contribution in [0.2, 0.25) is 0 Å². The highest BCUT2D eigenvalue weighted by Gasteiger charge is 2.12. The lowest BCUT2D eigenvalue weighted by Crippen LogP contribution is -2.21. The number of methoxy groups -OCH3 is 1. The van der Waals surface area contributed by atoms with Gasteiger partial charge in [0.15, 0.2) is 11.5 Å². The van der Waals surface area contributed by atoms with E-state index >= 15 is 0 Å². The average Bonchev–Trinajstić information content (AvgIpc) is 3.04. The standard InChI is InChI=1S/C23H28N2O4/c1-15-5-8-19(9-6-15)21(26)13-24-12-18-7-10-22(23(11-18)27-4)28-14-20-16(2)25-29-17(20)3/h5-11,21,24,26H,12-14H2,1-4H3. The van der Waals surface area contributed by atoms with Gasteiger partial charge < -0.3 is 24.4 Å². The van der Waals surface area contributed by atoms with E-state index in [0.717, 1.165) is 28.1 Å². The lowest BCUT2D eigenvalue weighted by molar-refractivity contribution is 0.174. The summed E-state index contributed by atoms with van der Waals surface area (Å²) in [5.41, 5.74) is 4.90. The predicted octanol–water partition coefficient (Wildman–Crippen LogP) is 4.01. The molecule has 0 bridgehead atoms. The van der Waals surface area contributed by atoms with Crippen LogP contribution in [0.25, 0.3) is 0 Å². The molecule has 0 aliphatic carbocycles. The van der Waals surface area contributed by atoms with Gasteiger partial charge in [0.25, 0.3) is 0 Å². The number of rotatable bonds is 9. The maximum Gasteiger partial charge on any atom is 0.161 e. The molecule has 0 radical (unpaired) electrons. The molecule has 0 aliphatic heterocycles. The summed E-state index contributed by atoms with van der Waals surface area (Å²) < 4.78 is 16.6. The van der Waals surface area contributed by atoms with E-state index in [4.69, 9.17) is 14.0 Å². The Balaban J connectivity index is 1.56. The molecule has 6 nitrogen and oxygen atoms in total. The van der Waals surface area contributed by atoms with E-state index in [1.54, 1.807) is 7.11 Å². The van der Waals surface area contributed by atoms with Crippen LogP contribution in [0.1, 0.15) is 39.8 Å². The molecule has 3 aromatic rings. The zero-order chi connectivity index (χ0) is 20.8. The molecule has 154 valence electrons. The minimum absolute atomic E-state index is 0.373. The molecular weight excluding hydrogens is 368 g/mol. The minimum atomic E-state index is -0.546. The fourth-order valence-corrected chi connectivity index (χ4v) is 3.06. The summed E-state index contributed by atoms with van der Waals surface area (Å²) in [5, 5.41) is 17.6. The molecule has 1 heterocycles. The molecule has 0 amide bonds. The largest absolute Gasteiger partial charge is 0.493 e. The van der Waals surface area contributed by atoms with Crippen molar-refractivity contribution in [2.75, 3.05) is 13.7 Å². The molecule has 2 aromatic carbocycles. The molecule has 0 aliphatic rings. The number of nitrogens with zero attached hydrogens (tertiary/aromatic N) is 1. The van der Waals surface area contributed by atoms with E-state index in [0.29, 0.717) is 31.2 Å². The number of aliphatic hydroxyl groups is 1. The average molecular weight is 396 g/mol. The molecule has 1 unspecified atom stereocenters. The highest BCUT2D eigenvalue weighted by Crippen LogP contribution is 2.29. The van der Waals surface area contributed by atoms with Gasteiger partial charge >= 0.3 is 0 Å². The van der Waals surface area contributed by atoms with Crippen LogP contribution in [0.5, 0.6) is 11.5 Å². The molecule has 1 aromatic heterocycles. The van der Waals surface area contributed by atoms with Crippen LogP contribution in [0, 0.1) is 20.8 Å². The number of aliphatic hydroxyl groups excluding tert-OH is 1. The fraction of sp³-hybridized carbons (Fsp3) is 0.348. The van der Waals surface area contributed by atoms with Crippen molar-refractivity contribution >= 4 is 0 Å². The summed E-state index contributed by atoms with van der Waals surface area (Å²) in [7, 11) is 1.62. The Morgan fingerprint density at radius 3 is 2.48 bits per heavy atom. The summed E-state index contributed by atoms with van der Waals surface area (Å²) in [6.45, 7) is 7.25. The van der Waals surface area contributed by atoms with E-state index in [9.17, 15) is 5.11 Å². The van der Waals surface area contributed by atoms with Crippen molar-refractivity contribution in [2.24, 2.45) is 0 Å². The van der Waals surface area contributed by atoms with Crippen molar-refractivity contribution in [2.45, 2.75) is 40.0 Å². The number of aryl methyl sites for hydroxylation is 3. The number of hydrogen-bond donors (Lipinski definition) is 2. The first-order valence-corrected chi connectivity index (χ1v) is 9.64. The second kappa shape index (κ2) is 9.58. The minimum Gasteiger partial charge on any atom is -0.493 e. The quantitative estimate of drug-likeness (QED) is 0.569. The second-order valence-electron chi connectivity index (χ2n) is 7.13. The molecular formula is C23H28N2O4. The zero-order valence-electron chi connectivity index (χ0n) is 17.4. The molecule has 0 saturated heterocycles. The Labute approximate surface area is 171 Å². The fourth-order valence-electron chi connectivity index (χ4n) is 3.06. The van der Waals surface area contributed by atoms with E-state index in [1.807, 2.05) is 63.2 Å². The molecule has 2 N–H and O–H groups in total. The van der Waals surface area contributed by atoms with E-state index in [2.05, 4.69) is 10.5 Å². The lowest BCUT2D eigenvalue weighted by Gasteiger charge is -2.14. The van der Waals surface area contributed by atoms with Gasteiger partial charge in [0.05, 0.1) is 24.5 Å². The van der Waals surface area contributed by atoms with Crippen molar-refractivity contribution in [3.05, 3.63) is 76.2 Å². The summed E-state index contributed by atoms with van der Waals surface area (Å²) in [6.07, 6.45) is -0.546. The van der Waals surface area contributed by atoms with Gasteiger partial charge in [0.2, 0.25) is 0 Å². The van der Waals surface area contributed by atoms with Crippen LogP contribution >= 0.6 is 0 Å². The van der Waals surface area contributed by atoms with Gasteiger partial charge in [-0.2, -0.15) is 0 Å². The van der Waals surface area contributed by atoms with Crippen molar-refractivity contribution in [1.29, 1.82) is 0 Å². The van der Waals surface area contributed by atoms with Crippen LogP contribution in [0.4, 0.5) is 0 Å². The SMILES string of the molecule is COc1cc(CNCC(O)c2ccc(C)cc2)ccc1OCc1c(C)noc1C. The lowest BCUT2D eigenvalue weighted by atomic mass is 10.1. The van der Waals surface area contributed by atoms with Crippen LogP contribution in [0.3, 0.4) is 0 Å². The summed E-state index contributed by atoms with van der Waals surface area (Å²) in [5.74, 6) is 2.08. The molecule has 29 heavy (non-hydrogen) atoms. The third-order valence-electron chi connectivity index (χ3n) is 4.91. The predicted molar refractivity (Wildman–Crippen MR) is 111 cm³/mol. The number of hydrogen-bond acceptors (Lipinski definition) is 6. The normalized spacial score (nSPS) is 12.0. The number of aromatic nitrogens is 1. The summed E-state index contributed by atoms with van der Waals surface area (Å²) >= 11 is 0. The monoisotopic (exact) mass is 396 g/mol. The molecule has 0 saturated carbocycles. The van der Waals surface area contributed by atoms with Crippen molar-refractivity contribution in [3.63, 3.8) is 0 Å². The second-order valence-corrected chi connectivity index (χ2v) is 7.13. The van der Waals surface area contributed by atoms with Crippen LogP contribution in [-0.4, -0.2) is 23.9 Å². The summed E-state index contributed by atoms with van der Waals surface area (Å²) in [6, 6.07) is 13.7.